The van der Waals surface area contributed by atoms with Gasteiger partial charge in [0.05, 0.1) is 6.10 Å². The first-order valence-corrected chi connectivity index (χ1v) is 4.66. The monoisotopic (exact) mass is 243 g/mol. The lowest BCUT2D eigenvalue weighted by Crippen LogP contribution is -2.30. The van der Waals surface area contributed by atoms with Crippen molar-refractivity contribution in [3.63, 3.8) is 0 Å². The minimum Gasteiger partial charge on any atom is -0.299 e. The first-order chi connectivity index (χ1) is 4.16. The van der Waals surface area contributed by atoms with Gasteiger partial charge < -0.3 is 0 Å². The Morgan fingerprint density at radius 3 is 2.33 bits per heavy atom. The first-order valence-electron chi connectivity index (χ1n) is 3.14. The lowest BCUT2D eigenvalue weighted by atomic mass is 10.4. The summed E-state index contributed by atoms with van der Waals surface area (Å²) in [7, 11) is 0. The van der Waals surface area contributed by atoms with Gasteiger partial charge in [-0.05, 0) is 20.8 Å². The highest BCUT2D eigenvalue weighted by molar-refractivity contribution is 14.1. The average Bonchev–Trinajstić information content (AvgIpc) is 1.83. The zero-order valence-electron chi connectivity index (χ0n) is 6.15. The largest absolute Gasteiger partial charge is 0.299 e. The van der Waals surface area contributed by atoms with Crippen LogP contribution < -0.4 is 5.48 Å². The Hall–Kier alpha value is 0.650. The Kier molecular flexibility index (Phi) is 5.83. The molecule has 56 valence electrons. The molecule has 1 atom stereocenters. The van der Waals surface area contributed by atoms with E-state index in [9.17, 15) is 0 Å². The van der Waals surface area contributed by atoms with Gasteiger partial charge in [0.1, 0.15) is 0 Å². The average molecular weight is 243 g/mol. The summed E-state index contributed by atoms with van der Waals surface area (Å²) in [6.07, 6.45) is 0.274. The van der Waals surface area contributed by atoms with E-state index in [1.165, 1.54) is 0 Å². The SMILES string of the molecule is CC(CI)NOC(C)C. The molecule has 0 rings (SSSR count). The van der Waals surface area contributed by atoms with Crippen molar-refractivity contribution in [3.8, 4) is 0 Å². The summed E-state index contributed by atoms with van der Waals surface area (Å²) in [6.45, 7) is 6.11. The molecule has 0 fully saturated rings. The summed E-state index contributed by atoms with van der Waals surface area (Å²) < 4.78 is 1.07. The molecule has 2 nitrogen and oxygen atoms in total. The summed E-state index contributed by atoms with van der Waals surface area (Å²) in [4.78, 5) is 5.14. The van der Waals surface area contributed by atoms with Crippen LogP contribution in [0.5, 0.6) is 0 Å². The van der Waals surface area contributed by atoms with Gasteiger partial charge >= 0.3 is 0 Å². The van der Waals surface area contributed by atoms with Crippen LogP contribution in [0.1, 0.15) is 20.8 Å². The normalized spacial score (nSPS) is 14.3. The Labute approximate surface area is 70.4 Å². The lowest BCUT2D eigenvalue weighted by Gasteiger charge is -2.12. The zero-order chi connectivity index (χ0) is 7.28. The fraction of sp³-hybridized carbons (Fsp3) is 1.00. The van der Waals surface area contributed by atoms with E-state index in [1.807, 2.05) is 13.8 Å². The topological polar surface area (TPSA) is 21.3 Å². The van der Waals surface area contributed by atoms with Gasteiger partial charge in [0.25, 0.3) is 0 Å². The van der Waals surface area contributed by atoms with Crippen LogP contribution in [0.3, 0.4) is 0 Å². The maximum absolute atomic E-state index is 5.14. The zero-order valence-corrected chi connectivity index (χ0v) is 8.31. The summed E-state index contributed by atoms with van der Waals surface area (Å²) in [5.74, 6) is 0. The molecule has 0 aliphatic heterocycles. The van der Waals surface area contributed by atoms with E-state index in [4.69, 9.17) is 4.84 Å². The van der Waals surface area contributed by atoms with E-state index in [0.29, 0.717) is 6.04 Å². The first kappa shape index (κ1) is 9.65. The predicted octanol–water partition coefficient (Wildman–Crippen LogP) is 1.74. The molecule has 0 spiro atoms. The fourth-order valence-electron chi connectivity index (χ4n) is 0.284. The van der Waals surface area contributed by atoms with E-state index in [1.54, 1.807) is 0 Å². The molecule has 1 unspecified atom stereocenters. The van der Waals surface area contributed by atoms with E-state index >= 15 is 0 Å². The maximum Gasteiger partial charge on any atom is 0.0734 e. The van der Waals surface area contributed by atoms with Crippen LogP contribution in [0.4, 0.5) is 0 Å². The van der Waals surface area contributed by atoms with Crippen molar-refractivity contribution in [2.24, 2.45) is 0 Å². The smallest absolute Gasteiger partial charge is 0.0734 e. The molecule has 0 saturated carbocycles. The van der Waals surface area contributed by atoms with Crippen LogP contribution in [-0.4, -0.2) is 16.6 Å². The van der Waals surface area contributed by atoms with Crippen LogP contribution in [-0.2, 0) is 4.84 Å². The van der Waals surface area contributed by atoms with Crippen molar-refractivity contribution in [1.29, 1.82) is 0 Å². The van der Waals surface area contributed by atoms with Gasteiger partial charge in [-0.2, -0.15) is 5.48 Å². The van der Waals surface area contributed by atoms with Crippen LogP contribution in [0.2, 0.25) is 0 Å². The van der Waals surface area contributed by atoms with Crippen molar-refractivity contribution >= 4 is 22.6 Å². The summed E-state index contributed by atoms with van der Waals surface area (Å²) in [6, 6.07) is 0.452. The van der Waals surface area contributed by atoms with Crippen LogP contribution in [0, 0.1) is 0 Å². The minimum atomic E-state index is 0.274. The molecular formula is C6H14INO. The van der Waals surface area contributed by atoms with E-state index < -0.39 is 0 Å². The van der Waals surface area contributed by atoms with Crippen molar-refractivity contribution < 1.29 is 4.84 Å². The van der Waals surface area contributed by atoms with Gasteiger partial charge in [-0.1, -0.05) is 22.6 Å². The molecule has 0 heterocycles. The van der Waals surface area contributed by atoms with Gasteiger partial charge in [-0.25, -0.2) is 0 Å². The van der Waals surface area contributed by atoms with Gasteiger partial charge in [0.15, 0.2) is 0 Å². The second-order valence-electron chi connectivity index (χ2n) is 2.34. The number of rotatable bonds is 4. The number of nitrogens with one attached hydrogen (secondary N) is 1. The quantitative estimate of drug-likeness (QED) is 0.461. The second kappa shape index (κ2) is 5.44. The van der Waals surface area contributed by atoms with Gasteiger partial charge in [0, 0.05) is 10.5 Å². The minimum absolute atomic E-state index is 0.274. The van der Waals surface area contributed by atoms with Crippen molar-refractivity contribution in [3.05, 3.63) is 0 Å². The standard InChI is InChI=1S/C6H14INO/c1-5(2)9-8-6(3)4-7/h5-6,8H,4H2,1-3H3. The number of halogens is 1. The molecule has 0 aliphatic rings. The van der Waals surface area contributed by atoms with Crippen LogP contribution in [0.25, 0.3) is 0 Å². The van der Waals surface area contributed by atoms with E-state index in [2.05, 4.69) is 35.0 Å². The van der Waals surface area contributed by atoms with E-state index in [-0.39, 0.29) is 6.10 Å². The molecule has 0 bridgehead atoms. The molecule has 0 aliphatic carbocycles. The van der Waals surface area contributed by atoms with Gasteiger partial charge in [-0.15, -0.1) is 0 Å². The molecular weight excluding hydrogens is 229 g/mol. The van der Waals surface area contributed by atoms with Gasteiger partial charge in [0.2, 0.25) is 0 Å². The molecule has 0 aromatic carbocycles. The molecule has 0 amide bonds. The number of alkyl halides is 1. The third-order valence-electron chi connectivity index (χ3n) is 0.736. The van der Waals surface area contributed by atoms with Gasteiger partial charge in [-0.3, -0.25) is 4.84 Å². The summed E-state index contributed by atoms with van der Waals surface area (Å²) in [5, 5.41) is 0. The third kappa shape index (κ3) is 6.54. The van der Waals surface area contributed by atoms with Crippen molar-refractivity contribution in [2.75, 3.05) is 4.43 Å². The van der Waals surface area contributed by atoms with Crippen LogP contribution in [0.15, 0.2) is 0 Å². The van der Waals surface area contributed by atoms with E-state index in [0.717, 1.165) is 4.43 Å². The number of hydrogen-bond donors (Lipinski definition) is 1. The second-order valence-corrected chi connectivity index (χ2v) is 3.22. The molecule has 3 heteroatoms. The highest BCUT2D eigenvalue weighted by Gasteiger charge is 1.98. The molecule has 0 aromatic rings. The van der Waals surface area contributed by atoms with Crippen LogP contribution >= 0.6 is 22.6 Å². The third-order valence-corrected chi connectivity index (χ3v) is 2.06. The molecule has 1 N–H and O–H groups in total. The molecule has 0 aromatic heterocycles. The highest BCUT2D eigenvalue weighted by Crippen LogP contribution is 1.91. The fourth-order valence-corrected chi connectivity index (χ4v) is 0.464. The Bertz CT molecular complexity index is 68.1. The Morgan fingerprint density at radius 1 is 1.44 bits per heavy atom. The Morgan fingerprint density at radius 2 is 2.00 bits per heavy atom. The maximum atomic E-state index is 5.14. The number of hydroxylamine groups is 1. The lowest BCUT2D eigenvalue weighted by molar-refractivity contribution is -0.0179. The highest BCUT2D eigenvalue weighted by atomic mass is 127. The molecule has 0 radical (unpaired) electrons. The Balaban J connectivity index is 3.06. The number of hydrogen-bond acceptors (Lipinski definition) is 2. The molecule has 0 saturated heterocycles. The predicted molar refractivity (Wildman–Crippen MR) is 47.7 cm³/mol. The summed E-state index contributed by atoms with van der Waals surface area (Å²) >= 11 is 2.32. The van der Waals surface area contributed by atoms with Crippen molar-refractivity contribution in [1.82, 2.24) is 5.48 Å². The summed E-state index contributed by atoms with van der Waals surface area (Å²) in [5.41, 5.74) is 2.92. The molecule has 9 heavy (non-hydrogen) atoms. The van der Waals surface area contributed by atoms with Crippen molar-refractivity contribution in [2.45, 2.75) is 32.9 Å².